The van der Waals surface area contributed by atoms with E-state index >= 15 is 0 Å². The number of halogens is 2. The summed E-state index contributed by atoms with van der Waals surface area (Å²) in [4.78, 5) is 25.2. The summed E-state index contributed by atoms with van der Waals surface area (Å²) in [5.74, 6) is -2.92. The van der Waals surface area contributed by atoms with Crippen molar-refractivity contribution in [1.29, 1.82) is 0 Å². The second kappa shape index (κ2) is 9.31. The van der Waals surface area contributed by atoms with Gasteiger partial charge in [0.05, 0.1) is 31.4 Å². The Morgan fingerprint density at radius 3 is 2.91 bits per heavy atom. The number of methoxy groups -OCH3 is 1. The normalized spacial score (nSPS) is 18.7. The molecule has 1 unspecified atom stereocenters. The van der Waals surface area contributed by atoms with Crippen LogP contribution < -0.4 is 10.6 Å². The topological polar surface area (TPSA) is 134 Å². The van der Waals surface area contributed by atoms with Gasteiger partial charge in [-0.15, -0.1) is 5.10 Å². The maximum Gasteiger partial charge on any atom is 0.262 e. The summed E-state index contributed by atoms with van der Waals surface area (Å²) >= 11 is 0. The third-order valence-electron chi connectivity index (χ3n) is 5.13. The Morgan fingerprint density at radius 2 is 2.18 bits per heavy atom. The summed E-state index contributed by atoms with van der Waals surface area (Å²) in [7, 11) is 3.13. The van der Waals surface area contributed by atoms with Crippen molar-refractivity contribution < 1.29 is 23.0 Å². The number of carbonyl (C=O) groups is 1. The molecule has 33 heavy (non-hydrogen) atoms. The minimum atomic E-state index is -2.96. The molecule has 0 aliphatic carbocycles. The molecule has 0 saturated carbocycles. The largest absolute Gasteiger partial charge is 0.384 e. The number of hydrogen-bond acceptors (Lipinski definition) is 9. The number of anilines is 1. The molecule has 0 bridgehead atoms. The maximum absolute atomic E-state index is 13.5. The lowest BCUT2D eigenvalue weighted by Crippen LogP contribution is -2.31. The number of likely N-dealkylation sites (N-methyl/N-ethyl adjacent to an activating group) is 1. The number of carbonyl (C=O) groups excluding carboxylic acids is 1. The molecule has 0 aromatic carbocycles. The van der Waals surface area contributed by atoms with E-state index in [2.05, 4.69) is 35.9 Å². The molecule has 1 fully saturated rings. The monoisotopic (exact) mass is 465 g/mol. The van der Waals surface area contributed by atoms with Crippen LogP contribution in [0.5, 0.6) is 0 Å². The number of nitrogens with one attached hydrogen (secondary N) is 2. The Balaban J connectivity index is 1.71. The molecule has 178 valence electrons. The van der Waals surface area contributed by atoms with Gasteiger partial charge in [0.15, 0.2) is 17.0 Å². The van der Waals surface area contributed by atoms with E-state index < -0.39 is 24.8 Å². The lowest BCUT2D eigenvalue weighted by molar-refractivity contribution is -0.133. The van der Waals surface area contributed by atoms with Crippen molar-refractivity contribution in [2.24, 2.45) is 0 Å². The summed E-state index contributed by atoms with van der Waals surface area (Å²) in [5, 5.41) is 13.4. The third-order valence-corrected chi connectivity index (χ3v) is 5.13. The Hall–Kier alpha value is -3.26. The molecule has 2 atom stereocenters. The molecule has 1 aliphatic heterocycles. The van der Waals surface area contributed by atoms with E-state index in [-0.39, 0.29) is 17.7 Å². The predicted molar refractivity (Wildman–Crippen MR) is 112 cm³/mol. The minimum Gasteiger partial charge on any atom is -0.384 e. The van der Waals surface area contributed by atoms with Gasteiger partial charge >= 0.3 is 0 Å². The van der Waals surface area contributed by atoms with Crippen molar-refractivity contribution in [3.05, 3.63) is 18.2 Å². The van der Waals surface area contributed by atoms with E-state index in [0.717, 1.165) is 6.92 Å². The highest BCUT2D eigenvalue weighted by Gasteiger charge is 2.33. The molecule has 1 amide bonds. The van der Waals surface area contributed by atoms with Crippen LogP contribution in [-0.2, 0) is 20.7 Å². The van der Waals surface area contributed by atoms with Crippen LogP contribution in [0, 0.1) is 0 Å². The van der Waals surface area contributed by atoms with Gasteiger partial charge in [-0.1, -0.05) is 5.21 Å². The average molecular weight is 465 g/mol. The van der Waals surface area contributed by atoms with Crippen LogP contribution in [-0.4, -0.2) is 79.8 Å². The maximum atomic E-state index is 13.5. The average Bonchev–Trinajstić information content (AvgIpc) is 3.53. The smallest absolute Gasteiger partial charge is 0.262 e. The number of aromatic nitrogens is 7. The summed E-state index contributed by atoms with van der Waals surface area (Å²) in [5.41, 5.74) is 1.32. The molecule has 14 heteroatoms. The Labute approximate surface area is 187 Å². The lowest BCUT2D eigenvalue weighted by atomic mass is 10.2. The van der Waals surface area contributed by atoms with Gasteiger partial charge < -0.3 is 20.1 Å². The number of rotatable bonds is 9. The predicted octanol–water partition coefficient (Wildman–Crippen LogP) is 1.09. The number of nitrogens with zero attached hydrogens (tertiary/aromatic N) is 7. The lowest BCUT2D eigenvalue weighted by Gasteiger charge is -2.16. The van der Waals surface area contributed by atoms with Gasteiger partial charge in [0.1, 0.15) is 12.3 Å². The van der Waals surface area contributed by atoms with Crippen molar-refractivity contribution >= 4 is 22.9 Å². The number of ether oxygens (including phenoxy) is 2. The van der Waals surface area contributed by atoms with Crippen molar-refractivity contribution in [1.82, 2.24) is 39.8 Å². The van der Waals surface area contributed by atoms with E-state index in [0.29, 0.717) is 42.7 Å². The molecule has 4 rings (SSSR count). The second-order valence-electron chi connectivity index (χ2n) is 7.79. The molecular weight excluding hydrogens is 440 g/mol. The fourth-order valence-electron chi connectivity index (χ4n) is 3.48. The standard InChI is InChI=1S/C19H25F2N9O3/c1-19(20,21)9-23-15-14-16(26-18(25-15)30-8-11(27-28-30)6-7-32-3)29(10-24-14)13-5-4-12(33-13)17(31)22-2/h8,10,12-13H,4-7,9H2,1-3H3,(H,22,31)(H,23,25,26)/t12-,13?/m0/s1. The molecule has 2 N–H and O–H groups in total. The Bertz CT molecular complexity index is 1130. The molecule has 3 aromatic heterocycles. The fourth-order valence-corrected chi connectivity index (χ4v) is 3.48. The van der Waals surface area contributed by atoms with E-state index in [1.165, 1.54) is 11.0 Å². The van der Waals surface area contributed by atoms with Crippen LogP contribution >= 0.6 is 0 Å². The van der Waals surface area contributed by atoms with Crippen LogP contribution in [0.1, 0.15) is 31.7 Å². The first kappa shape index (κ1) is 22.9. The highest BCUT2D eigenvalue weighted by atomic mass is 19.3. The summed E-state index contributed by atoms with van der Waals surface area (Å²) in [6.45, 7) is 0.637. The third kappa shape index (κ3) is 5.06. The van der Waals surface area contributed by atoms with E-state index in [1.807, 2.05) is 0 Å². The van der Waals surface area contributed by atoms with Gasteiger partial charge in [-0.05, 0) is 12.8 Å². The number of amides is 1. The number of imidazole rings is 1. The fraction of sp³-hybridized carbons (Fsp3) is 0.579. The van der Waals surface area contributed by atoms with E-state index in [9.17, 15) is 13.6 Å². The van der Waals surface area contributed by atoms with Crippen LogP contribution in [0.4, 0.5) is 14.6 Å². The van der Waals surface area contributed by atoms with Gasteiger partial charge in [-0.2, -0.15) is 14.6 Å². The molecular formula is C19H25F2N9O3. The van der Waals surface area contributed by atoms with Gasteiger partial charge in [0, 0.05) is 27.5 Å². The zero-order valence-corrected chi connectivity index (χ0v) is 18.5. The zero-order chi connectivity index (χ0) is 23.6. The van der Waals surface area contributed by atoms with Gasteiger partial charge in [0.25, 0.3) is 11.9 Å². The summed E-state index contributed by atoms with van der Waals surface area (Å²) in [6, 6.07) is 0. The zero-order valence-electron chi connectivity index (χ0n) is 18.5. The van der Waals surface area contributed by atoms with Crippen LogP contribution in [0.2, 0.25) is 0 Å². The molecule has 4 heterocycles. The van der Waals surface area contributed by atoms with Gasteiger partial charge in [-0.25, -0.2) is 13.8 Å². The van der Waals surface area contributed by atoms with Crippen molar-refractivity contribution in [3.63, 3.8) is 0 Å². The van der Waals surface area contributed by atoms with Gasteiger partial charge in [0.2, 0.25) is 5.91 Å². The van der Waals surface area contributed by atoms with Crippen molar-refractivity contribution in [2.45, 2.75) is 44.4 Å². The highest BCUT2D eigenvalue weighted by molar-refractivity contribution is 5.84. The van der Waals surface area contributed by atoms with E-state index in [4.69, 9.17) is 9.47 Å². The SMILES string of the molecule is CNC(=O)[C@@H]1CCC(n2cnc3c(NCC(C)(F)F)nc(-n4cc(CCOC)nn4)nc32)O1. The quantitative estimate of drug-likeness (QED) is 0.476. The molecule has 12 nitrogen and oxygen atoms in total. The van der Waals surface area contributed by atoms with Crippen LogP contribution in [0.3, 0.4) is 0 Å². The summed E-state index contributed by atoms with van der Waals surface area (Å²) < 4.78 is 41.0. The van der Waals surface area contributed by atoms with Gasteiger partial charge in [-0.3, -0.25) is 9.36 Å². The number of alkyl halides is 2. The first-order valence-corrected chi connectivity index (χ1v) is 10.4. The van der Waals surface area contributed by atoms with Crippen LogP contribution in [0.15, 0.2) is 12.5 Å². The Morgan fingerprint density at radius 1 is 1.36 bits per heavy atom. The molecule has 0 spiro atoms. The van der Waals surface area contributed by atoms with E-state index in [1.54, 1.807) is 24.9 Å². The second-order valence-corrected chi connectivity index (χ2v) is 7.79. The summed E-state index contributed by atoms with van der Waals surface area (Å²) in [6.07, 6.45) is 3.69. The van der Waals surface area contributed by atoms with Crippen molar-refractivity contribution in [3.8, 4) is 5.95 Å². The Kier molecular flexibility index (Phi) is 6.47. The van der Waals surface area contributed by atoms with Crippen molar-refractivity contribution in [2.75, 3.05) is 32.6 Å². The first-order chi connectivity index (χ1) is 15.8. The minimum absolute atomic E-state index is 0.128. The molecule has 0 radical (unpaired) electrons. The van der Waals surface area contributed by atoms with Crippen LogP contribution in [0.25, 0.3) is 17.1 Å². The first-order valence-electron chi connectivity index (χ1n) is 10.4. The highest BCUT2D eigenvalue weighted by Crippen LogP contribution is 2.32. The molecule has 1 saturated heterocycles. The number of fused-ring (bicyclic) bond motifs is 1. The number of hydrogen-bond donors (Lipinski definition) is 2. The molecule has 3 aromatic rings. The molecule has 1 aliphatic rings.